The lowest BCUT2D eigenvalue weighted by Crippen LogP contribution is -2.55. The Morgan fingerprint density at radius 1 is 1.11 bits per heavy atom. The van der Waals surface area contributed by atoms with Crippen molar-refractivity contribution in [2.24, 2.45) is 0 Å². The molecule has 3 rings (SSSR count). The Kier molecular flexibility index (Phi) is 6.38. The molecular formula is C20H28N4O3S. The minimum absolute atomic E-state index is 0.0668. The zero-order chi connectivity index (χ0) is 20.2. The second kappa shape index (κ2) is 8.60. The maximum Gasteiger partial charge on any atom is 0.243 e. The van der Waals surface area contributed by atoms with Gasteiger partial charge in [-0.15, -0.1) is 0 Å². The Bertz CT molecular complexity index is 821. The van der Waals surface area contributed by atoms with Crippen LogP contribution in [-0.4, -0.2) is 73.7 Å². The summed E-state index contributed by atoms with van der Waals surface area (Å²) in [6.45, 7) is 1.95. The summed E-state index contributed by atoms with van der Waals surface area (Å²) in [5, 5.41) is 9.67. The summed E-state index contributed by atoms with van der Waals surface area (Å²) in [6, 6.07) is 10.8. The van der Waals surface area contributed by atoms with Gasteiger partial charge in [-0.25, -0.2) is 8.42 Å². The average molecular weight is 405 g/mol. The Morgan fingerprint density at radius 2 is 1.71 bits per heavy atom. The van der Waals surface area contributed by atoms with E-state index in [2.05, 4.69) is 6.07 Å². The molecule has 0 atom stereocenters. The number of likely N-dealkylation sites (N-methyl/N-ethyl adjacent to an activating group) is 1. The van der Waals surface area contributed by atoms with Crippen LogP contribution in [0.5, 0.6) is 0 Å². The second-order valence-corrected chi connectivity index (χ2v) is 9.59. The van der Waals surface area contributed by atoms with Gasteiger partial charge in [0.05, 0.1) is 17.5 Å². The first-order valence-corrected chi connectivity index (χ1v) is 11.3. The van der Waals surface area contributed by atoms with Crippen molar-refractivity contribution in [1.82, 2.24) is 14.1 Å². The Balaban J connectivity index is 1.57. The van der Waals surface area contributed by atoms with Crippen molar-refractivity contribution >= 4 is 15.9 Å². The van der Waals surface area contributed by atoms with E-state index in [0.717, 1.165) is 32.1 Å². The summed E-state index contributed by atoms with van der Waals surface area (Å²) < 4.78 is 26.9. The Hall–Kier alpha value is -1.95. The van der Waals surface area contributed by atoms with Crippen molar-refractivity contribution in [3.63, 3.8) is 0 Å². The van der Waals surface area contributed by atoms with Gasteiger partial charge >= 0.3 is 0 Å². The number of hydrogen-bond donors (Lipinski definition) is 0. The van der Waals surface area contributed by atoms with E-state index in [1.807, 2.05) is 4.90 Å². The highest BCUT2D eigenvalue weighted by atomic mass is 32.2. The minimum Gasteiger partial charge on any atom is -0.326 e. The van der Waals surface area contributed by atoms with Crippen LogP contribution in [0.25, 0.3) is 0 Å². The molecule has 0 bridgehead atoms. The van der Waals surface area contributed by atoms with Gasteiger partial charge in [0, 0.05) is 33.2 Å². The normalized spacial score (nSPS) is 21.0. The van der Waals surface area contributed by atoms with Crippen molar-refractivity contribution in [3.05, 3.63) is 30.3 Å². The number of amides is 1. The smallest absolute Gasteiger partial charge is 0.243 e. The van der Waals surface area contributed by atoms with Crippen molar-refractivity contribution in [3.8, 4) is 6.07 Å². The lowest BCUT2D eigenvalue weighted by molar-refractivity contribution is -0.136. The molecule has 2 aliphatic rings. The second-order valence-electron chi connectivity index (χ2n) is 7.65. The molecule has 2 fully saturated rings. The highest BCUT2D eigenvalue weighted by Crippen LogP contribution is 2.32. The van der Waals surface area contributed by atoms with E-state index in [-0.39, 0.29) is 12.5 Å². The summed E-state index contributed by atoms with van der Waals surface area (Å²) in [6.07, 6.45) is 4.52. The topological polar surface area (TPSA) is 84.7 Å². The largest absolute Gasteiger partial charge is 0.326 e. The van der Waals surface area contributed by atoms with Crippen LogP contribution < -0.4 is 0 Å². The number of sulfonamides is 1. The molecule has 1 saturated carbocycles. The fraction of sp³-hybridized carbons (Fsp3) is 0.600. The maximum atomic E-state index is 12.8. The number of hydrogen-bond acceptors (Lipinski definition) is 5. The van der Waals surface area contributed by atoms with Crippen LogP contribution >= 0.6 is 0 Å². The SMILES string of the molecule is CN(C(=O)CN1CCN(S(=O)(=O)c2ccccc2)CC1)C1(C#N)CCCCC1. The molecular weight excluding hydrogens is 376 g/mol. The molecule has 0 radical (unpaired) electrons. The third-order valence-electron chi connectivity index (χ3n) is 5.98. The molecule has 1 saturated heterocycles. The van der Waals surface area contributed by atoms with E-state index in [4.69, 9.17) is 0 Å². The maximum absolute atomic E-state index is 12.8. The number of carbonyl (C=O) groups is 1. The van der Waals surface area contributed by atoms with E-state index in [1.54, 1.807) is 42.3 Å². The quantitative estimate of drug-likeness (QED) is 0.745. The zero-order valence-corrected chi connectivity index (χ0v) is 17.2. The zero-order valence-electron chi connectivity index (χ0n) is 16.4. The fourth-order valence-electron chi connectivity index (χ4n) is 4.06. The van der Waals surface area contributed by atoms with E-state index >= 15 is 0 Å². The molecule has 152 valence electrons. The van der Waals surface area contributed by atoms with E-state index in [9.17, 15) is 18.5 Å². The third kappa shape index (κ3) is 4.22. The van der Waals surface area contributed by atoms with E-state index < -0.39 is 15.6 Å². The molecule has 0 unspecified atom stereocenters. The first-order chi connectivity index (χ1) is 13.4. The predicted molar refractivity (Wildman–Crippen MR) is 106 cm³/mol. The Labute approximate surface area is 167 Å². The number of carbonyl (C=O) groups excluding carboxylic acids is 1. The molecule has 7 nitrogen and oxygen atoms in total. The van der Waals surface area contributed by atoms with Crippen LogP contribution in [0.1, 0.15) is 32.1 Å². The van der Waals surface area contributed by atoms with Crippen LogP contribution in [0.15, 0.2) is 35.2 Å². The molecule has 0 aromatic heterocycles. The van der Waals surface area contributed by atoms with Crippen molar-refractivity contribution in [2.45, 2.75) is 42.5 Å². The van der Waals surface area contributed by atoms with Gasteiger partial charge in [-0.1, -0.05) is 37.5 Å². The van der Waals surface area contributed by atoms with Crippen LogP contribution in [0.3, 0.4) is 0 Å². The lowest BCUT2D eigenvalue weighted by atomic mass is 9.81. The lowest BCUT2D eigenvalue weighted by Gasteiger charge is -2.40. The van der Waals surface area contributed by atoms with Crippen LogP contribution in [0.4, 0.5) is 0 Å². The number of nitriles is 1. The van der Waals surface area contributed by atoms with Crippen molar-refractivity contribution in [2.75, 3.05) is 39.8 Å². The van der Waals surface area contributed by atoms with E-state index in [1.165, 1.54) is 4.31 Å². The number of benzene rings is 1. The summed E-state index contributed by atoms with van der Waals surface area (Å²) in [7, 11) is -1.76. The van der Waals surface area contributed by atoms with Gasteiger partial charge in [0.25, 0.3) is 0 Å². The van der Waals surface area contributed by atoms with Crippen LogP contribution in [0.2, 0.25) is 0 Å². The summed E-state index contributed by atoms with van der Waals surface area (Å²) in [5.74, 6) is -0.0668. The van der Waals surface area contributed by atoms with Gasteiger partial charge in [0.15, 0.2) is 0 Å². The highest BCUT2D eigenvalue weighted by Gasteiger charge is 2.39. The number of piperazine rings is 1. The molecule has 28 heavy (non-hydrogen) atoms. The molecule has 8 heteroatoms. The first kappa shape index (κ1) is 20.8. The minimum atomic E-state index is -3.49. The molecule has 1 aliphatic heterocycles. The summed E-state index contributed by atoms with van der Waals surface area (Å²) in [4.78, 5) is 16.7. The van der Waals surface area contributed by atoms with E-state index in [0.29, 0.717) is 31.1 Å². The van der Waals surface area contributed by atoms with Crippen LogP contribution in [-0.2, 0) is 14.8 Å². The van der Waals surface area contributed by atoms with Crippen molar-refractivity contribution < 1.29 is 13.2 Å². The molecule has 0 N–H and O–H groups in total. The summed E-state index contributed by atoms with van der Waals surface area (Å²) in [5.41, 5.74) is -0.687. The monoisotopic (exact) mass is 404 g/mol. The molecule has 0 spiro atoms. The van der Waals surface area contributed by atoms with Gasteiger partial charge in [-0.3, -0.25) is 9.69 Å². The summed E-state index contributed by atoms with van der Waals surface area (Å²) >= 11 is 0. The standard InChI is InChI=1S/C20H28N4O3S/c1-22(20(17-21)10-6-3-7-11-20)19(25)16-23-12-14-24(15-13-23)28(26,27)18-8-4-2-5-9-18/h2,4-5,8-9H,3,6-7,10-16H2,1H3. The number of rotatable bonds is 5. The third-order valence-corrected chi connectivity index (χ3v) is 7.89. The molecule has 1 heterocycles. The van der Waals surface area contributed by atoms with Gasteiger partial charge in [-0.05, 0) is 25.0 Å². The molecule has 1 aromatic rings. The van der Waals surface area contributed by atoms with Crippen LogP contribution in [0, 0.1) is 11.3 Å². The Morgan fingerprint density at radius 3 is 2.29 bits per heavy atom. The highest BCUT2D eigenvalue weighted by molar-refractivity contribution is 7.89. The molecule has 1 amide bonds. The first-order valence-electron chi connectivity index (χ1n) is 9.84. The number of nitrogens with zero attached hydrogens (tertiary/aromatic N) is 4. The van der Waals surface area contributed by atoms with Gasteiger partial charge in [0.1, 0.15) is 5.54 Å². The van der Waals surface area contributed by atoms with Gasteiger partial charge in [-0.2, -0.15) is 9.57 Å². The molecule has 1 aliphatic carbocycles. The average Bonchev–Trinajstić information content (AvgIpc) is 2.74. The van der Waals surface area contributed by atoms with Gasteiger partial charge in [0.2, 0.25) is 15.9 Å². The fourth-order valence-corrected chi connectivity index (χ4v) is 5.51. The predicted octanol–water partition coefficient (Wildman–Crippen LogP) is 1.68. The van der Waals surface area contributed by atoms with Gasteiger partial charge < -0.3 is 4.90 Å². The van der Waals surface area contributed by atoms with Crippen molar-refractivity contribution in [1.29, 1.82) is 5.26 Å². The molecule has 1 aromatic carbocycles.